The number of para-hydroxylation sites is 2. The number of carbonyl (C=O) groups excluding carboxylic acids is 1. The van der Waals surface area contributed by atoms with E-state index in [1.54, 1.807) is 11.3 Å². The molecule has 1 N–H and O–H groups in total. The van der Waals surface area contributed by atoms with E-state index in [9.17, 15) is 4.79 Å². The largest absolute Gasteiger partial charge is 0.322 e. The zero-order valence-corrected chi connectivity index (χ0v) is 13.6. The number of aromatic nitrogens is 1. The number of rotatable bonds is 3. The molecule has 4 aromatic rings. The van der Waals surface area contributed by atoms with E-state index in [1.807, 2.05) is 78.2 Å². The third kappa shape index (κ3) is 2.79. The quantitative estimate of drug-likeness (QED) is 0.560. The summed E-state index contributed by atoms with van der Waals surface area (Å²) in [5, 5.41) is 5.82. The number of nitrogens with zero attached hydrogens (tertiary/aromatic N) is 1. The molecular weight excluding hydrogens is 316 g/mol. The average molecular weight is 330 g/mol. The number of fused-ring (bicyclic) bond motifs is 1. The molecule has 0 aliphatic rings. The smallest absolute Gasteiger partial charge is 0.256 e. The molecule has 0 spiro atoms. The predicted molar refractivity (Wildman–Crippen MR) is 99.5 cm³/mol. The Bertz CT molecular complexity index is 995. The van der Waals surface area contributed by atoms with Crippen molar-refractivity contribution < 1.29 is 4.79 Å². The van der Waals surface area contributed by atoms with Crippen LogP contribution in [0.3, 0.4) is 0 Å². The van der Waals surface area contributed by atoms with Crippen LogP contribution in [-0.4, -0.2) is 10.9 Å². The number of anilines is 1. The van der Waals surface area contributed by atoms with Crippen LogP contribution in [0.4, 0.5) is 5.69 Å². The van der Waals surface area contributed by atoms with Gasteiger partial charge in [0, 0.05) is 11.1 Å². The molecule has 0 saturated carbocycles. The van der Waals surface area contributed by atoms with E-state index in [0.717, 1.165) is 27.2 Å². The fourth-order valence-electron chi connectivity index (χ4n) is 2.63. The summed E-state index contributed by atoms with van der Waals surface area (Å²) in [4.78, 5) is 18.6. The molecule has 0 atom stereocenters. The second kappa shape index (κ2) is 6.26. The lowest BCUT2D eigenvalue weighted by atomic mass is 10.1. The molecule has 0 saturated heterocycles. The SMILES string of the molecule is O=C(Nc1ccccc1)c1cc(-c2cccs2)nc2ccccc12. The highest BCUT2D eigenvalue weighted by atomic mass is 32.1. The molecule has 24 heavy (non-hydrogen) atoms. The van der Waals surface area contributed by atoms with Gasteiger partial charge >= 0.3 is 0 Å². The van der Waals surface area contributed by atoms with E-state index >= 15 is 0 Å². The highest BCUT2D eigenvalue weighted by molar-refractivity contribution is 7.13. The molecule has 0 aliphatic carbocycles. The van der Waals surface area contributed by atoms with Gasteiger partial charge in [0.05, 0.1) is 21.7 Å². The summed E-state index contributed by atoms with van der Waals surface area (Å²) in [6.07, 6.45) is 0. The minimum absolute atomic E-state index is 0.127. The van der Waals surface area contributed by atoms with Crippen molar-refractivity contribution in [3.8, 4) is 10.6 Å². The number of carbonyl (C=O) groups is 1. The van der Waals surface area contributed by atoms with Gasteiger partial charge in [-0.3, -0.25) is 4.79 Å². The first kappa shape index (κ1) is 14.6. The molecule has 0 radical (unpaired) electrons. The normalized spacial score (nSPS) is 10.7. The molecule has 0 aliphatic heterocycles. The lowest BCUT2D eigenvalue weighted by Gasteiger charge is -2.10. The van der Waals surface area contributed by atoms with Crippen LogP contribution in [0.5, 0.6) is 0 Å². The lowest BCUT2D eigenvalue weighted by Crippen LogP contribution is -2.13. The van der Waals surface area contributed by atoms with Gasteiger partial charge in [-0.05, 0) is 35.7 Å². The van der Waals surface area contributed by atoms with E-state index in [0.29, 0.717) is 5.56 Å². The lowest BCUT2D eigenvalue weighted by molar-refractivity contribution is 0.102. The van der Waals surface area contributed by atoms with Gasteiger partial charge in [-0.15, -0.1) is 11.3 Å². The Morgan fingerprint density at radius 3 is 2.50 bits per heavy atom. The topological polar surface area (TPSA) is 42.0 Å². The molecular formula is C20H14N2OS. The number of thiophene rings is 1. The van der Waals surface area contributed by atoms with Crippen molar-refractivity contribution in [1.29, 1.82) is 0 Å². The monoisotopic (exact) mass is 330 g/mol. The standard InChI is InChI=1S/C20H14N2OS/c23-20(21-14-7-2-1-3-8-14)16-13-18(19-11-6-12-24-19)22-17-10-5-4-9-15(16)17/h1-13H,(H,21,23). The Balaban J connectivity index is 1.82. The maximum Gasteiger partial charge on any atom is 0.256 e. The van der Waals surface area contributed by atoms with Crippen LogP contribution >= 0.6 is 11.3 Å². The van der Waals surface area contributed by atoms with Gasteiger partial charge in [-0.25, -0.2) is 4.98 Å². The minimum atomic E-state index is -0.127. The minimum Gasteiger partial charge on any atom is -0.322 e. The van der Waals surface area contributed by atoms with Crippen molar-refractivity contribution in [3.63, 3.8) is 0 Å². The van der Waals surface area contributed by atoms with Crippen molar-refractivity contribution in [2.24, 2.45) is 0 Å². The van der Waals surface area contributed by atoms with Crippen LogP contribution in [-0.2, 0) is 0 Å². The molecule has 4 rings (SSSR count). The molecule has 2 heterocycles. The van der Waals surface area contributed by atoms with Crippen molar-refractivity contribution in [1.82, 2.24) is 4.98 Å². The Labute approximate surface area is 143 Å². The van der Waals surface area contributed by atoms with E-state index < -0.39 is 0 Å². The Morgan fingerprint density at radius 2 is 1.71 bits per heavy atom. The highest BCUT2D eigenvalue weighted by Crippen LogP contribution is 2.28. The number of hydrogen-bond donors (Lipinski definition) is 1. The molecule has 0 bridgehead atoms. The van der Waals surface area contributed by atoms with Gasteiger partial charge in [0.25, 0.3) is 5.91 Å². The molecule has 116 valence electrons. The van der Waals surface area contributed by atoms with Gasteiger partial charge < -0.3 is 5.32 Å². The Hall–Kier alpha value is -2.98. The maximum atomic E-state index is 12.8. The van der Waals surface area contributed by atoms with E-state index in [4.69, 9.17) is 4.98 Å². The number of hydrogen-bond acceptors (Lipinski definition) is 3. The van der Waals surface area contributed by atoms with Crippen LogP contribution in [0.1, 0.15) is 10.4 Å². The van der Waals surface area contributed by atoms with Gasteiger partial charge in [-0.2, -0.15) is 0 Å². The van der Waals surface area contributed by atoms with Crippen LogP contribution in [0.15, 0.2) is 78.2 Å². The molecule has 4 heteroatoms. The molecule has 0 unspecified atom stereocenters. The zero-order chi connectivity index (χ0) is 16.4. The fraction of sp³-hybridized carbons (Fsp3) is 0. The van der Waals surface area contributed by atoms with Crippen molar-refractivity contribution >= 4 is 33.8 Å². The van der Waals surface area contributed by atoms with Crippen LogP contribution < -0.4 is 5.32 Å². The van der Waals surface area contributed by atoms with E-state index in [2.05, 4.69) is 5.32 Å². The number of pyridine rings is 1. The number of amides is 1. The summed E-state index contributed by atoms with van der Waals surface area (Å²) in [7, 11) is 0. The molecule has 1 amide bonds. The third-order valence-corrected chi connectivity index (χ3v) is 4.66. The molecule has 2 aromatic heterocycles. The van der Waals surface area contributed by atoms with Gasteiger partial charge in [0.1, 0.15) is 0 Å². The highest BCUT2D eigenvalue weighted by Gasteiger charge is 2.14. The van der Waals surface area contributed by atoms with Crippen LogP contribution in [0, 0.1) is 0 Å². The average Bonchev–Trinajstić information content (AvgIpc) is 3.16. The summed E-state index contributed by atoms with van der Waals surface area (Å²) >= 11 is 1.61. The fourth-order valence-corrected chi connectivity index (χ4v) is 3.32. The molecule has 3 nitrogen and oxygen atoms in total. The Kier molecular flexibility index (Phi) is 3.81. The van der Waals surface area contributed by atoms with Gasteiger partial charge in [0.15, 0.2) is 0 Å². The summed E-state index contributed by atoms with van der Waals surface area (Å²) in [6.45, 7) is 0. The summed E-state index contributed by atoms with van der Waals surface area (Å²) in [6, 6.07) is 23.1. The summed E-state index contributed by atoms with van der Waals surface area (Å²) in [5.74, 6) is -0.127. The van der Waals surface area contributed by atoms with Crippen LogP contribution in [0.25, 0.3) is 21.5 Å². The first-order chi connectivity index (χ1) is 11.8. The maximum absolute atomic E-state index is 12.8. The second-order valence-electron chi connectivity index (χ2n) is 5.37. The van der Waals surface area contributed by atoms with Crippen LogP contribution in [0.2, 0.25) is 0 Å². The first-order valence-corrected chi connectivity index (χ1v) is 8.49. The third-order valence-electron chi connectivity index (χ3n) is 3.77. The van der Waals surface area contributed by atoms with E-state index in [1.165, 1.54) is 0 Å². The number of benzene rings is 2. The van der Waals surface area contributed by atoms with Crippen molar-refractivity contribution in [2.45, 2.75) is 0 Å². The second-order valence-corrected chi connectivity index (χ2v) is 6.32. The van der Waals surface area contributed by atoms with Gasteiger partial charge in [-0.1, -0.05) is 42.5 Å². The van der Waals surface area contributed by atoms with Crippen molar-refractivity contribution in [3.05, 3.63) is 83.7 Å². The number of nitrogens with one attached hydrogen (secondary N) is 1. The van der Waals surface area contributed by atoms with Crippen molar-refractivity contribution in [2.75, 3.05) is 5.32 Å². The van der Waals surface area contributed by atoms with Gasteiger partial charge in [0.2, 0.25) is 0 Å². The summed E-state index contributed by atoms with van der Waals surface area (Å²) in [5.41, 5.74) is 3.05. The molecule has 2 aromatic carbocycles. The zero-order valence-electron chi connectivity index (χ0n) is 12.8. The Morgan fingerprint density at radius 1 is 0.917 bits per heavy atom. The summed E-state index contributed by atoms with van der Waals surface area (Å²) < 4.78 is 0. The van der Waals surface area contributed by atoms with E-state index in [-0.39, 0.29) is 5.91 Å². The molecule has 0 fully saturated rings. The predicted octanol–water partition coefficient (Wildman–Crippen LogP) is 5.22. The first-order valence-electron chi connectivity index (χ1n) is 7.61.